The van der Waals surface area contributed by atoms with Crippen molar-refractivity contribution in [1.29, 1.82) is 0 Å². The van der Waals surface area contributed by atoms with Crippen molar-refractivity contribution in [2.75, 3.05) is 0 Å². The van der Waals surface area contributed by atoms with Crippen molar-refractivity contribution >= 4 is 11.9 Å². The molecule has 0 aliphatic rings. The van der Waals surface area contributed by atoms with E-state index in [4.69, 9.17) is 0 Å². The summed E-state index contributed by atoms with van der Waals surface area (Å²) in [6.07, 6.45) is 4.92. The van der Waals surface area contributed by atoms with E-state index in [-0.39, 0.29) is 11.9 Å². The van der Waals surface area contributed by atoms with E-state index in [0.717, 1.165) is 25.7 Å². The standard InChI is InChI=1S/C18H27NO3/c1-4-5-6-10-13-15(18(2,3)17(21)22)19-16(20)14-11-8-7-9-12-14/h7-9,11-12,15H,4-6,10,13H2,1-3H3,(H,19,20)(H,21,22)/t15-/m1/s1. The molecule has 1 amide bonds. The largest absolute Gasteiger partial charge is 0.481 e. The number of benzene rings is 1. The van der Waals surface area contributed by atoms with Crippen LogP contribution in [0.15, 0.2) is 30.3 Å². The molecule has 122 valence electrons. The maximum atomic E-state index is 12.3. The van der Waals surface area contributed by atoms with E-state index in [1.807, 2.05) is 6.07 Å². The maximum Gasteiger partial charge on any atom is 0.311 e. The molecule has 0 aliphatic heterocycles. The summed E-state index contributed by atoms with van der Waals surface area (Å²) in [5.74, 6) is -1.10. The molecule has 1 atom stereocenters. The Morgan fingerprint density at radius 3 is 2.32 bits per heavy atom. The SMILES string of the molecule is CCCCCC[C@@H](NC(=O)c1ccccc1)C(C)(C)C(=O)O. The molecule has 2 N–H and O–H groups in total. The molecule has 0 aromatic heterocycles. The normalized spacial score (nSPS) is 12.7. The van der Waals surface area contributed by atoms with Crippen molar-refractivity contribution in [3.8, 4) is 0 Å². The second kappa shape index (κ2) is 8.57. The van der Waals surface area contributed by atoms with E-state index < -0.39 is 11.4 Å². The third-order valence-electron chi connectivity index (χ3n) is 4.11. The van der Waals surface area contributed by atoms with Crippen LogP contribution in [-0.4, -0.2) is 23.0 Å². The van der Waals surface area contributed by atoms with Gasteiger partial charge in [-0.3, -0.25) is 9.59 Å². The molecule has 1 aromatic carbocycles. The topological polar surface area (TPSA) is 66.4 Å². The summed E-state index contributed by atoms with van der Waals surface area (Å²) < 4.78 is 0. The molecular formula is C18H27NO3. The number of hydrogen-bond acceptors (Lipinski definition) is 2. The Balaban J connectivity index is 2.77. The van der Waals surface area contributed by atoms with Crippen LogP contribution in [0, 0.1) is 5.41 Å². The molecule has 0 unspecified atom stereocenters. The van der Waals surface area contributed by atoms with Crippen LogP contribution in [0.5, 0.6) is 0 Å². The van der Waals surface area contributed by atoms with Crippen LogP contribution in [0.4, 0.5) is 0 Å². The molecule has 0 fully saturated rings. The smallest absolute Gasteiger partial charge is 0.311 e. The highest BCUT2D eigenvalue weighted by Gasteiger charge is 2.37. The number of carboxylic acid groups (broad SMARTS) is 1. The number of unbranched alkanes of at least 4 members (excludes halogenated alkanes) is 3. The first-order valence-corrected chi connectivity index (χ1v) is 7.99. The average Bonchev–Trinajstić information content (AvgIpc) is 2.50. The van der Waals surface area contributed by atoms with Crippen LogP contribution in [-0.2, 0) is 4.79 Å². The van der Waals surface area contributed by atoms with Gasteiger partial charge in [-0.15, -0.1) is 0 Å². The van der Waals surface area contributed by atoms with E-state index >= 15 is 0 Å². The molecule has 0 heterocycles. The summed E-state index contributed by atoms with van der Waals surface area (Å²) in [6, 6.07) is 8.53. The average molecular weight is 305 g/mol. The molecule has 0 saturated carbocycles. The fourth-order valence-electron chi connectivity index (χ4n) is 2.37. The van der Waals surface area contributed by atoms with Crippen LogP contribution in [0.2, 0.25) is 0 Å². The fourth-order valence-corrected chi connectivity index (χ4v) is 2.37. The van der Waals surface area contributed by atoms with Crippen molar-refractivity contribution in [2.45, 2.75) is 58.9 Å². The number of carbonyl (C=O) groups excluding carboxylic acids is 1. The van der Waals surface area contributed by atoms with E-state index in [0.29, 0.717) is 12.0 Å². The highest BCUT2D eigenvalue weighted by atomic mass is 16.4. The Morgan fingerprint density at radius 1 is 1.14 bits per heavy atom. The van der Waals surface area contributed by atoms with Gasteiger partial charge in [0.2, 0.25) is 0 Å². The minimum atomic E-state index is -0.989. The lowest BCUT2D eigenvalue weighted by Gasteiger charge is -2.31. The van der Waals surface area contributed by atoms with Crippen molar-refractivity contribution in [3.63, 3.8) is 0 Å². The molecule has 0 bridgehead atoms. The Morgan fingerprint density at radius 2 is 1.77 bits per heavy atom. The van der Waals surface area contributed by atoms with Gasteiger partial charge >= 0.3 is 5.97 Å². The van der Waals surface area contributed by atoms with Crippen LogP contribution in [0.3, 0.4) is 0 Å². The van der Waals surface area contributed by atoms with Crippen LogP contribution in [0.1, 0.15) is 63.2 Å². The third kappa shape index (κ3) is 5.17. The Bertz CT molecular complexity index is 482. The predicted octanol–water partition coefficient (Wildman–Crippen LogP) is 3.87. The van der Waals surface area contributed by atoms with Gasteiger partial charge < -0.3 is 10.4 Å². The minimum absolute atomic E-state index is 0.213. The van der Waals surface area contributed by atoms with Crippen LogP contribution >= 0.6 is 0 Å². The molecule has 0 aliphatic carbocycles. The quantitative estimate of drug-likeness (QED) is 0.681. The molecule has 4 nitrogen and oxygen atoms in total. The number of carbonyl (C=O) groups is 2. The number of hydrogen-bond donors (Lipinski definition) is 2. The lowest BCUT2D eigenvalue weighted by molar-refractivity contribution is -0.148. The van der Waals surface area contributed by atoms with Gasteiger partial charge in [0.05, 0.1) is 5.41 Å². The Hall–Kier alpha value is -1.84. The number of amides is 1. The summed E-state index contributed by atoms with van der Waals surface area (Å²) in [6.45, 7) is 5.48. The van der Waals surface area contributed by atoms with E-state index in [1.165, 1.54) is 0 Å². The summed E-state index contributed by atoms with van der Waals surface area (Å²) in [4.78, 5) is 23.8. The van der Waals surface area contributed by atoms with E-state index in [1.54, 1.807) is 38.1 Å². The molecule has 22 heavy (non-hydrogen) atoms. The number of rotatable bonds is 9. The van der Waals surface area contributed by atoms with Crippen LogP contribution in [0.25, 0.3) is 0 Å². The van der Waals surface area contributed by atoms with Gasteiger partial charge in [-0.2, -0.15) is 0 Å². The Labute approximate surface area is 132 Å². The number of nitrogens with one attached hydrogen (secondary N) is 1. The molecular weight excluding hydrogens is 278 g/mol. The van der Waals surface area contributed by atoms with E-state index in [9.17, 15) is 14.7 Å². The zero-order valence-electron chi connectivity index (χ0n) is 13.8. The minimum Gasteiger partial charge on any atom is -0.481 e. The van der Waals surface area contributed by atoms with Gasteiger partial charge in [-0.05, 0) is 32.4 Å². The summed E-state index contributed by atoms with van der Waals surface area (Å²) >= 11 is 0. The first-order valence-electron chi connectivity index (χ1n) is 7.99. The lowest BCUT2D eigenvalue weighted by Crippen LogP contribution is -2.49. The van der Waals surface area contributed by atoms with Gasteiger partial charge in [-0.25, -0.2) is 0 Å². The summed E-state index contributed by atoms with van der Waals surface area (Å²) in [7, 11) is 0. The first-order chi connectivity index (χ1) is 10.4. The van der Waals surface area contributed by atoms with Crippen molar-refractivity contribution in [1.82, 2.24) is 5.32 Å². The Kier molecular flexibility index (Phi) is 7.09. The third-order valence-corrected chi connectivity index (χ3v) is 4.11. The molecule has 0 saturated heterocycles. The second-order valence-corrected chi connectivity index (χ2v) is 6.27. The van der Waals surface area contributed by atoms with Crippen molar-refractivity contribution in [2.24, 2.45) is 5.41 Å². The monoisotopic (exact) mass is 305 g/mol. The molecule has 0 spiro atoms. The lowest BCUT2D eigenvalue weighted by atomic mass is 9.81. The van der Waals surface area contributed by atoms with Crippen LogP contribution < -0.4 is 5.32 Å². The van der Waals surface area contributed by atoms with Gasteiger partial charge in [0.1, 0.15) is 0 Å². The van der Waals surface area contributed by atoms with Gasteiger partial charge in [0.15, 0.2) is 0 Å². The second-order valence-electron chi connectivity index (χ2n) is 6.27. The molecule has 1 rings (SSSR count). The first kappa shape index (κ1) is 18.2. The zero-order valence-corrected chi connectivity index (χ0v) is 13.8. The van der Waals surface area contributed by atoms with Gasteiger partial charge in [-0.1, -0.05) is 50.8 Å². The summed E-state index contributed by atoms with van der Waals surface area (Å²) in [5, 5.41) is 12.4. The number of carboxylic acids is 1. The number of aliphatic carboxylic acids is 1. The van der Waals surface area contributed by atoms with Gasteiger partial charge in [0, 0.05) is 11.6 Å². The summed E-state index contributed by atoms with van der Waals surface area (Å²) in [5.41, 5.74) is -0.432. The highest BCUT2D eigenvalue weighted by Crippen LogP contribution is 2.25. The maximum absolute atomic E-state index is 12.3. The zero-order chi connectivity index (χ0) is 16.6. The van der Waals surface area contributed by atoms with Gasteiger partial charge in [0.25, 0.3) is 5.91 Å². The molecule has 1 aromatic rings. The fraction of sp³-hybridized carbons (Fsp3) is 0.556. The van der Waals surface area contributed by atoms with Crippen molar-refractivity contribution < 1.29 is 14.7 Å². The van der Waals surface area contributed by atoms with E-state index in [2.05, 4.69) is 12.2 Å². The van der Waals surface area contributed by atoms with Crippen molar-refractivity contribution in [3.05, 3.63) is 35.9 Å². The predicted molar refractivity (Wildman–Crippen MR) is 87.9 cm³/mol. The molecule has 4 heteroatoms. The highest BCUT2D eigenvalue weighted by molar-refractivity contribution is 5.94. The molecule has 0 radical (unpaired) electrons.